The van der Waals surface area contributed by atoms with Crippen LogP contribution in [0.25, 0.3) is 11.1 Å². The highest BCUT2D eigenvalue weighted by molar-refractivity contribution is 6.05. The first-order valence-electron chi connectivity index (χ1n) is 16.1. The molecule has 6 heteroatoms. The number of piperidine rings is 1. The first-order chi connectivity index (χ1) is 22.8. The van der Waals surface area contributed by atoms with Gasteiger partial charge in [-0.05, 0) is 109 Å². The fourth-order valence-electron chi connectivity index (χ4n) is 5.68. The summed E-state index contributed by atoms with van der Waals surface area (Å²) in [6, 6.07) is 37.2. The zero-order valence-electron chi connectivity index (χ0n) is 27.2. The number of carbonyl (C=O) groups is 2. The van der Waals surface area contributed by atoms with Gasteiger partial charge >= 0.3 is 0 Å². The molecule has 0 aliphatic carbocycles. The van der Waals surface area contributed by atoms with Crippen LogP contribution in [0.3, 0.4) is 0 Å². The summed E-state index contributed by atoms with van der Waals surface area (Å²) in [7, 11) is 0. The van der Waals surface area contributed by atoms with Crippen LogP contribution in [0.4, 0.5) is 5.69 Å². The van der Waals surface area contributed by atoms with Crippen molar-refractivity contribution < 1.29 is 19.1 Å². The lowest BCUT2D eigenvalue weighted by molar-refractivity contribution is 0.0595. The molecular weight excluding hydrogens is 584 g/mol. The van der Waals surface area contributed by atoms with Crippen LogP contribution < -0.4 is 14.8 Å². The predicted octanol–water partition coefficient (Wildman–Crippen LogP) is 8.79. The zero-order chi connectivity index (χ0) is 32.8. The van der Waals surface area contributed by atoms with E-state index in [1.807, 2.05) is 134 Å². The molecular formula is C41H40N2O4. The standard InChI is InChI=1S/C41H40N2O4/c1-28-7-12-33(13-8-28)41(45)43-23-21-39(22-24-43)47-38-17-10-31(11-18-38)27-46-37-19-14-32(15-20-37)34-5-4-6-35(26-34)40(44)42-36-16-9-29(2)30(3)25-36/h4-20,25-26,39H,21-24,27H2,1-3H3,(H,42,44). The highest BCUT2D eigenvalue weighted by atomic mass is 16.5. The van der Waals surface area contributed by atoms with Crippen molar-refractivity contribution in [2.75, 3.05) is 18.4 Å². The summed E-state index contributed by atoms with van der Waals surface area (Å²) in [5.41, 5.74) is 8.62. The monoisotopic (exact) mass is 624 g/mol. The van der Waals surface area contributed by atoms with Gasteiger partial charge in [0.2, 0.25) is 0 Å². The molecule has 5 aromatic rings. The van der Waals surface area contributed by atoms with Crippen molar-refractivity contribution >= 4 is 17.5 Å². The number of aryl methyl sites for hydroxylation is 3. The van der Waals surface area contributed by atoms with Gasteiger partial charge in [0.25, 0.3) is 11.8 Å². The molecule has 1 saturated heterocycles. The van der Waals surface area contributed by atoms with E-state index in [0.717, 1.165) is 63.4 Å². The van der Waals surface area contributed by atoms with Crippen molar-refractivity contribution in [3.8, 4) is 22.6 Å². The Bertz CT molecular complexity index is 1840. The van der Waals surface area contributed by atoms with E-state index in [9.17, 15) is 9.59 Å². The van der Waals surface area contributed by atoms with E-state index in [1.165, 1.54) is 5.56 Å². The van der Waals surface area contributed by atoms with E-state index < -0.39 is 0 Å². The van der Waals surface area contributed by atoms with E-state index in [0.29, 0.717) is 25.3 Å². The van der Waals surface area contributed by atoms with E-state index in [4.69, 9.17) is 9.47 Å². The molecule has 47 heavy (non-hydrogen) atoms. The molecule has 0 aromatic heterocycles. The molecule has 0 spiro atoms. The number of likely N-dealkylation sites (tertiary alicyclic amines) is 1. The van der Waals surface area contributed by atoms with Crippen molar-refractivity contribution in [1.29, 1.82) is 0 Å². The zero-order valence-corrected chi connectivity index (χ0v) is 27.2. The molecule has 1 aliphatic rings. The van der Waals surface area contributed by atoms with Crippen molar-refractivity contribution in [1.82, 2.24) is 4.90 Å². The molecule has 2 amide bonds. The summed E-state index contributed by atoms with van der Waals surface area (Å²) in [4.78, 5) is 27.7. The molecule has 0 atom stereocenters. The Balaban J connectivity index is 0.972. The highest BCUT2D eigenvalue weighted by Gasteiger charge is 2.24. The Hall–Kier alpha value is -5.36. The van der Waals surface area contributed by atoms with Crippen LogP contribution in [0.2, 0.25) is 0 Å². The first kappa shape index (κ1) is 31.6. The van der Waals surface area contributed by atoms with Gasteiger partial charge in [0.1, 0.15) is 24.2 Å². The van der Waals surface area contributed by atoms with Gasteiger partial charge in [-0.25, -0.2) is 0 Å². The number of benzene rings is 5. The van der Waals surface area contributed by atoms with Crippen molar-refractivity contribution in [3.63, 3.8) is 0 Å². The molecule has 1 fully saturated rings. The number of nitrogens with one attached hydrogen (secondary N) is 1. The third-order valence-electron chi connectivity index (χ3n) is 8.74. The SMILES string of the molecule is Cc1ccc(C(=O)N2CCC(Oc3ccc(COc4ccc(-c5cccc(C(=O)Nc6ccc(C)c(C)c6)c5)cc4)cc3)CC2)cc1. The van der Waals surface area contributed by atoms with Gasteiger partial charge in [-0.2, -0.15) is 0 Å². The molecule has 0 bridgehead atoms. The topological polar surface area (TPSA) is 67.9 Å². The molecule has 0 unspecified atom stereocenters. The fraction of sp³-hybridized carbons (Fsp3) is 0.220. The summed E-state index contributed by atoms with van der Waals surface area (Å²) in [5, 5.41) is 3.00. The van der Waals surface area contributed by atoms with Crippen molar-refractivity contribution in [3.05, 3.63) is 149 Å². The number of hydrogen-bond donors (Lipinski definition) is 1. The molecule has 1 heterocycles. The Morgan fingerprint density at radius 3 is 2.11 bits per heavy atom. The van der Waals surface area contributed by atoms with Crippen LogP contribution in [0.1, 0.15) is 55.8 Å². The number of ether oxygens (including phenoxy) is 2. The summed E-state index contributed by atoms with van der Waals surface area (Å²) < 4.78 is 12.3. The molecule has 6 rings (SSSR count). The van der Waals surface area contributed by atoms with E-state index in [2.05, 4.69) is 12.2 Å². The van der Waals surface area contributed by atoms with Gasteiger partial charge in [-0.3, -0.25) is 9.59 Å². The predicted molar refractivity (Wildman–Crippen MR) is 187 cm³/mol. The molecule has 1 N–H and O–H groups in total. The van der Waals surface area contributed by atoms with Gasteiger partial charge < -0.3 is 19.7 Å². The highest BCUT2D eigenvalue weighted by Crippen LogP contribution is 2.26. The average Bonchev–Trinajstić information content (AvgIpc) is 3.10. The molecule has 6 nitrogen and oxygen atoms in total. The Labute approximate surface area is 277 Å². The second-order valence-corrected chi connectivity index (χ2v) is 12.3. The van der Waals surface area contributed by atoms with Crippen LogP contribution in [0.5, 0.6) is 11.5 Å². The van der Waals surface area contributed by atoms with Crippen molar-refractivity contribution in [2.45, 2.75) is 46.3 Å². The fourth-order valence-corrected chi connectivity index (χ4v) is 5.68. The first-order valence-corrected chi connectivity index (χ1v) is 16.1. The average molecular weight is 625 g/mol. The Kier molecular flexibility index (Phi) is 9.67. The molecule has 0 radical (unpaired) electrons. The van der Waals surface area contributed by atoms with Gasteiger partial charge in [-0.1, -0.05) is 60.2 Å². The number of hydrogen-bond acceptors (Lipinski definition) is 4. The third kappa shape index (κ3) is 8.08. The lowest BCUT2D eigenvalue weighted by atomic mass is 10.0. The Morgan fingerprint density at radius 2 is 1.40 bits per heavy atom. The van der Waals surface area contributed by atoms with Gasteiger partial charge in [-0.15, -0.1) is 0 Å². The minimum absolute atomic E-state index is 0.0882. The van der Waals surface area contributed by atoms with Crippen LogP contribution in [-0.2, 0) is 6.61 Å². The number of anilines is 1. The maximum Gasteiger partial charge on any atom is 0.255 e. The molecule has 238 valence electrons. The van der Waals surface area contributed by atoms with Gasteiger partial charge in [0.05, 0.1) is 0 Å². The largest absolute Gasteiger partial charge is 0.490 e. The van der Waals surface area contributed by atoms with E-state index in [-0.39, 0.29) is 17.9 Å². The quantitative estimate of drug-likeness (QED) is 0.178. The van der Waals surface area contributed by atoms with E-state index in [1.54, 1.807) is 0 Å². The maximum absolute atomic E-state index is 12.9. The minimum Gasteiger partial charge on any atom is -0.490 e. The smallest absolute Gasteiger partial charge is 0.255 e. The van der Waals surface area contributed by atoms with E-state index >= 15 is 0 Å². The van der Waals surface area contributed by atoms with Crippen LogP contribution in [0, 0.1) is 20.8 Å². The second-order valence-electron chi connectivity index (χ2n) is 12.3. The van der Waals surface area contributed by atoms with Crippen LogP contribution in [-0.4, -0.2) is 35.9 Å². The number of nitrogens with zero attached hydrogens (tertiary/aromatic N) is 1. The minimum atomic E-state index is -0.137. The van der Waals surface area contributed by atoms with Crippen LogP contribution in [0.15, 0.2) is 115 Å². The lowest BCUT2D eigenvalue weighted by Gasteiger charge is -2.32. The molecule has 0 saturated carbocycles. The molecule has 1 aliphatic heterocycles. The number of amides is 2. The second kappa shape index (κ2) is 14.4. The summed E-state index contributed by atoms with van der Waals surface area (Å²) in [5.74, 6) is 1.54. The normalized spacial score (nSPS) is 13.2. The third-order valence-corrected chi connectivity index (χ3v) is 8.74. The summed E-state index contributed by atoms with van der Waals surface area (Å²) >= 11 is 0. The number of rotatable bonds is 9. The number of carbonyl (C=O) groups excluding carboxylic acids is 2. The summed E-state index contributed by atoms with van der Waals surface area (Å²) in [6.07, 6.45) is 1.71. The maximum atomic E-state index is 12.9. The van der Waals surface area contributed by atoms with Gasteiger partial charge in [0, 0.05) is 42.7 Å². The summed E-state index contributed by atoms with van der Waals surface area (Å²) in [6.45, 7) is 7.94. The van der Waals surface area contributed by atoms with Crippen molar-refractivity contribution in [2.24, 2.45) is 0 Å². The van der Waals surface area contributed by atoms with Gasteiger partial charge in [0.15, 0.2) is 0 Å². The lowest BCUT2D eigenvalue weighted by Crippen LogP contribution is -2.41. The van der Waals surface area contributed by atoms with Crippen LogP contribution >= 0.6 is 0 Å². The molecule has 5 aromatic carbocycles. The Morgan fingerprint density at radius 1 is 0.702 bits per heavy atom.